The van der Waals surface area contributed by atoms with E-state index in [9.17, 15) is 17.6 Å². The summed E-state index contributed by atoms with van der Waals surface area (Å²) in [6.45, 7) is 1.54. The van der Waals surface area contributed by atoms with Gasteiger partial charge in [0.25, 0.3) is 0 Å². The molecule has 0 aliphatic rings. The minimum absolute atomic E-state index is 0.0780. The largest absolute Gasteiger partial charge is 0.416 e. The number of halogens is 4. The highest BCUT2D eigenvalue weighted by Gasteiger charge is 2.35. The summed E-state index contributed by atoms with van der Waals surface area (Å²) >= 11 is 0. The van der Waals surface area contributed by atoms with E-state index in [1.165, 1.54) is 24.3 Å². The number of hydrazine groups is 1. The molecule has 2 aromatic carbocycles. The van der Waals surface area contributed by atoms with E-state index in [0.717, 1.165) is 6.07 Å². The molecule has 2 rings (SSSR count). The molecule has 112 valence electrons. The maximum absolute atomic E-state index is 14.2. The Morgan fingerprint density at radius 2 is 1.62 bits per heavy atom. The molecule has 2 aromatic rings. The van der Waals surface area contributed by atoms with Gasteiger partial charge in [-0.3, -0.25) is 5.84 Å². The van der Waals surface area contributed by atoms with Crippen LogP contribution in [0.2, 0.25) is 0 Å². The Balaban J connectivity index is 2.60. The highest BCUT2D eigenvalue weighted by Crippen LogP contribution is 2.36. The van der Waals surface area contributed by atoms with Crippen molar-refractivity contribution in [1.29, 1.82) is 0 Å². The quantitative estimate of drug-likeness (QED) is 0.515. The van der Waals surface area contributed by atoms with Crippen LogP contribution >= 0.6 is 0 Å². The summed E-state index contributed by atoms with van der Waals surface area (Å²) in [5.41, 5.74) is 1.74. The van der Waals surface area contributed by atoms with Gasteiger partial charge in [0.2, 0.25) is 0 Å². The molecular formula is C15H14F4N2. The van der Waals surface area contributed by atoms with E-state index in [2.05, 4.69) is 5.43 Å². The van der Waals surface area contributed by atoms with Crippen molar-refractivity contribution in [2.75, 3.05) is 0 Å². The van der Waals surface area contributed by atoms with Gasteiger partial charge in [0.1, 0.15) is 5.82 Å². The van der Waals surface area contributed by atoms with Crippen molar-refractivity contribution in [2.24, 2.45) is 5.84 Å². The summed E-state index contributed by atoms with van der Waals surface area (Å²) in [5.74, 6) is 4.81. The van der Waals surface area contributed by atoms with E-state index < -0.39 is 23.6 Å². The number of alkyl halides is 3. The van der Waals surface area contributed by atoms with Crippen LogP contribution in [0.1, 0.15) is 28.3 Å². The Kier molecular flexibility index (Phi) is 4.29. The third-order valence-corrected chi connectivity index (χ3v) is 3.28. The monoisotopic (exact) mass is 298 g/mol. The Bertz CT molecular complexity index is 638. The Labute approximate surface area is 119 Å². The molecule has 0 radical (unpaired) electrons. The third kappa shape index (κ3) is 3.06. The molecule has 21 heavy (non-hydrogen) atoms. The predicted molar refractivity (Wildman–Crippen MR) is 71.7 cm³/mol. The molecular weight excluding hydrogens is 284 g/mol. The summed E-state index contributed by atoms with van der Waals surface area (Å²) in [7, 11) is 0. The van der Waals surface area contributed by atoms with Gasteiger partial charge in [-0.1, -0.05) is 36.4 Å². The van der Waals surface area contributed by atoms with Crippen molar-refractivity contribution >= 4 is 0 Å². The molecule has 1 unspecified atom stereocenters. The van der Waals surface area contributed by atoms with Crippen LogP contribution in [0.3, 0.4) is 0 Å². The van der Waals surface area contributed by atoms with Crippen LogP contribution in [0.5, 0.6) is 0 Å². The summed E-state index contributed by atoms with van der Waals surface area (Å²) in [6, 6.07) is 8.44. The van der Waals surface area contributed by atoms with E-state index >= 15 is 0 Å². The molecule has 0 aromatic heterocycles. The topological polar surface area (TPSA) is 38.0 Å². The minimum atomic E-state index is -4.54. The lowest BCUT2D eigenvalue weighted by atomic mass is 9.93. The Morgan fingerprint density at radius 1 is 1.00 bits per heavy atom. The second-order valence-electron chi connectivity index (χ2n) is 4.66. The second-order valence-corrected chi connectivity index (χ2v) is 4.66. The number of aryl methyl sites for hydroxylation is 1. The lowest BCUT2D eigenvalue weighted by molar-refractivity contribution is -0.138. The standard InChI is InChI=1S/C15H14F4N2/c1-9-5-4-7-11(13(9)16)14(21-20)10-6-2-3-8-12(10)15(17,18)19/h2-8,14,21H,20H2,1H3. The lowest BCUT2D eigenvalue weighted by Crippen LogP contribution is -2.31. The van der Waals surface area contributed by atoms with Gasteiger partial charge in [0.15, 0.2) is 0 Å². The van der Waals surface area contributed by atoms with Crippen molar-refractivity contribution in [3.8, 4) is 0 Å². The molecule has 0 aliphatic carbocycles. The maximum atomic E-state index is 14.2. The van der Waals surface area contributed by atoms with Gasteiger partial charge in [-0.2, -0.15) is 13.2 Å². The highest BCUT2D eigenvalue weighted by molar-refractivity contribution is 5.40. The number of nitrogens with one attached hydrogen (secondary N) is 1. The predicted octanol–water partition coefficient (Wildman–Crippen LogP) is 3.71. The first-order valence-corrected chi connectivity index (χ1v) is 6.23. The molecule has 3 N–H and O–H groups in total. The number of hydrogen-bond acceptors (Lipinski definition) is 2. The van der Waals surface area contributed by atoms with Crippen molar-refractivity contribution in [2.45, 2.75) is 19.1 Å². The fourth-order valence-corrected chi connectivity index (χ4v) is 2.25. The van der Waals surface area contributed by atoms with E-state index in [1.54, 1.807) is 19.1 Å². The van der Waals surface area contributed by atoms with Gasteiger partial charge in [-0.05, 0) is 24.1 Å². The first-order valence-electron chi connectivity index (χ1n) is 6.23. The summed E-state index contributed by atoms with van der Waals surface area (Å²) in [5, 5.41) is 0. The molecule has 1 atom stereocenters. The molecule has 0 aliphatic heterocycles. The zero-order valence-corrected chi connectivity index (χ0v) is 11.2. The summed E-state index contributed by atoms with van der Waals surface area (Å²) in [4.78, 5) is 0. The number of hydrogen-bond donors (Lipinski definition) is 2. The Morgan fingerprint density at radius 3 is 2.24 bits per heavy atom. The first-order chi connectivity index (χ1) is 9.86. The van der Waals surface area contributed by atoms with Gasteiger partial charge < -0.3 is 0 Å². The SMILES string of the molecule is Cc1cccc(C(NN)c2ccccc2C(F)(F)F)c1F. The first kappa shape index (κ1) is 15.5. The van der Waals surface area contributed by atoms with Crippen LogP contribution < -0.4 is 11.3 Å². The van der Waals surface area contributed by atoms with Gasteiger partial charge in [-0.25, -0.2) is 9.82 Å². The zero-order valence-electron chi connectivity index (χ0n) is 11.2. The van der Waals surface area contributed by atoms with Crippen molar-refractivity contribution in [3.05, 3.63) is 70.5 Å². The molecule has 0 fully saturated rings. The second kappa shape index (κ2) is 5.83. The fourth-order valence-electron chi connectivity index (χ4n) is 2.25. The zero-order chi connectivity index (χ0) is 15.6. The van der Waals surface area contributed by atoms with Crippen LogP contribution in [-0.4, -0.2) is 0 Å². The average molecular weight is 298 g/mol. The van der Waals surface area contributed by atoms with Crippen LogP contribution in [0.15, 0.2) is 42.5 Å². The van der Waals surface area contributed by atoms with Crippen molar-refractivity contribution < 1.29 is 17.6 Å². The maximum Gasteiger partial charge on any atom is 0.416 e. The highest BCUT2D eigenvalue weighted by atomic mass is 19.4. The van der Waals surface area contributed by atoms with Crippen LogP contribution in [-0.2, 0) is 6.18 Å². The minimum Gasteiger partial charge on any atom is -0.271 e. The van der Waals surface area contributed by atoms with Gasteiger partial charge in [-0.15, -0.1) is 0 Å². The van der Waals surface area contributed by atoms with Crippen LogP contribution in [0.4, 0.5) is 17.6 Å². The molecule has 0 bridgehead atoms. The van der Waals surface area contributed by atoms with Crippen molar-refractivity contribution in [3.63, 3.8) is 0 Å². The molecule has 0 amide bonds. The van der Waals surface area contributed by atoms with Gasteiger partial charge in [0.05, 0.1) is 11.6 Å². The number of rotatable bonds is 3. The van der Waals surface area contributed by atoms with E-state index in [1.807, 2.05) is 0 Å². The van der Waals surface area contributed by atoms with E-state index in [-0.39, 0.29) is 11.1 Å². The smallest absolute Gasteiger partial charge is 0.271 e. The lowest BCUT2D eigenvalue weighted by Gasteiger charge is -2.22. The fraction of sp³-hybridized carbons (Fsp3) is 0.200. The van der Waals surface area contributed by atoms with Gasteiger partial charge in [0, 0.05) is 5.56 Å². The number of benzene rings is 2. The Hall–Kier alpha value is -1.92. The molecule has 2 nitrogen and oxygen atoms in total. The molecule has 6 heteroatoms. The summed E-state index contributed by atoms with van der Waals surface area (Å²) in [6.07, 6.45) is -4.54. The van der Waals surface area contributed by atoms with Crippen LogP contribution in [0, 0.1) is 12.7 Å². The van der Waals surface area contributed by atoms with E-state index in [4.69, 9.17) is 5.84 Å². The van der Waals surface area contributed by atoms with E-state index in [0.29, 0.717) is 5.56 Å². The van der Waals surface area contributed by atoms with Gasteiger partial charge >= 0.3 is 6.18 Å². The summed E-state index contributed by atoms with van der Waals surface area (Å²) < 4.78 is 53.4. The number of nitrogens with two attached hydrogens (primary N) is 1. The average Bonchev–Trinajstić information content (AvgIpc) is 2.44. The molecule has 0 saturated carbocycles. The normalized spacial score (nSPS) is 13.2. The third-order valence-electron chi connectivity index (χ3n) is 3.28. The molecule has 0 saturated heterocycles. The molecule has 0 spiro atoms. The molecule has 0 heterocycles. The van der Waals surface area contributed by atoms with Crippen LogP contribution in [0.25, 0.3) is 0 Å². The van der Waals surface area contributed by atoms with Crippen molar-refractivity contribution in [1.82, 2.24) is 5.43 Å².